The summed E-state index contributed by atoms with van der Waals surface area (Å²) < 4.78 is 3.24. The number of aromatic nitrogens is 2. The van der Waals surface area contributed by atoms with Crippen molar-refractivity contribution in [3.05, 3.63) is 15.9 Å². The van der Waals surface area contributed by atoms with E-state index in [1.807, 2.05) is 6.92 Å². The van der Waals surface area contributed by atoms with Crippen molar-refractivity contribution in [1.29, 1.82) is 0 Å². The topological polar surface area (TPSA) is 17.8 Å². The van der Waals surface area contributed by atoms with E-state index in [1.54, 1.807) is 0 Å². The first-order valence-corrected chi connectivity index (χ1v) is 7.86. The van der Waals surface area contributed by atoms with Crippen LogP contribution in [-0.4, -0.2) is 15.2 Å². The van der Waals surface area contributed by atoms with E-state index in [4.69, 9.17) is 11.6 Å². The molecule has 1 atom stereocenters. The van der Waals surface area contributed by atoms with E-state index >= 15 is 0 Å². The molecule has 104 valence electrons. The molecule has 1 aromatic rings. The zero-order valence-electron chi connectivity index (χ0n) is 12.1. The highest BCUT2D eigenvalue weighted by molar-refractivity contribution is 9.10. The van der Waals surface area contributed by atoms with Crippen molar-refractivity contribution in [3.63, 3.8) is 0 Å². The highest BCUT2D eigenvalue weighted by atomic mass is 79.9. The lowest BCUT2D eigenvalue weighted by Gasteiger charge is -2.25. The van der Waals surface area contributed by atoms with Crippen molar-refractivity contribution in [2.75, 3.05) is 0 Å². The molecule has 0 aromatic carbocycles. The number of rotatable bonds is 5. The Morgan fingerprint density at radius 2 is 2.00 bits per heavy atom. The van der Waals surface area contributed by atoms with E-state index in [1.165, 1.54) is 5.69 Å². The first kappa shape index (κ1) is 16.0. The van der Waals surface area contributed by atoms with E-state index in [-0.39, 0.29) is 10.8 Å². The van der Waals surface area contributed by atoms with Gasteiger partial charge in [0.05, 0.1) is 15.9 Å². The first-order chi connectivity index (χ1) is 8.27. The van der Waals surface area contributed by atoms with Gasteiger partial charge in [0.25, 0.3) is 0 Å². The van der Waals surface area contributed by atoms with Gasteiger partial charge in [-0.05, 0) is 54.5 Å². The summed E-state index contributed by atoms with van der Waals surface area (Å²) in [5.41, 5.74) is 2.55. The molecule has 0 aliphatic carbocycles. The molecule has 1 rings (SSSR count). The molecule has 18 heavy (non-hydrogen) atoms. The minimum Gasteiger partial charge on any atom is -0.268 e. The SMILES string of the molecule is CCn1nc(C)c(Br)c1CCCC(Cl)C(C)(C)C. The molecule has 0 N–H and O–H groups in total. The second kappa shape index (κ2) is 6.42. The molecule has 0 bridgehead atoms. The number of hydrogen-bond donors (Lipinski definition) is 0. The highest BCUT2D eigenvalue weighted by Crippen LogP contribution is 2.29. The minimum absolute atomic E-state index is 0.180. The van der Waals surface area contributed by atoms with Crippen LogP contribution in [0.1, 0.15) is 51.9 Å². The zero-order valence-corrected chi connectivity index (χ0v) is 14.4. The quantitative estimate of drug-likeness (QED) is 0.696. The number of nitrogens with zero attached hydrogens (tertiary/aromatic N) is 2. The van der Waals surface area contributed by atoms with Gasteiger partial charge in [-0.2, -0.15) is 5.10 Å². The lowest BCUT2D eigenvalue weighted by atomic mass is 9.88. The molecular formula is C14H24BrClN2. The van der Waals surface area contributed by atoms with Crippen LogP contribution in [0.3, 0.4) is 0 Å². The van der Waals surface area contributed by atoms with Crippen molar-refractivity contribution < 1.29 is 0 Å². The summed E-state index contributed by atoms with van der Waals surface area (Å²) in [5.74, 6) is 0. The van der Waals surface area contributed by atoms with E-state index in [0.717, 1.165) is 36.0 Å². The largest absolute Gasteiger partial charge is 0.268 e. The predicted octanol–water partition coefficient (Wildman–Crippen LogP) is 4.95. The van der Waals surface area contributed by atoms with Crippen LogP contribution in [-0.2, 0) is 13.0 Å². The van der Waals surface area contributed by atoms with Crippen molar-refractivity contribution in [2.24, 2.45) is 5.41 Å². The van der Waals surface area contributed by atoms with Gasteiger partial charge in [0.1, 0.15) is 0 Å². The van der Waals surface area contributed by atoms with E-state index < -0.39 is 0 Å². The normalized spacial score (nSPS) is 13.9. The summed E-state index contributed by atoms with van der Waals surface area (Å²) in [5, 5.41) is 4.74. The summed E-state index contributed by atoms with van der Waals surface area (Å²) in [6.45, 7) is 11.7. The number of halogens is 2. The van der Waals surface area contributed by atoms with Crippen molar-refractivity contribution in [1.82, 2.24) is 9.78 Å². The van der Waals surface area contributed by atoms with Crippen LogP contribution in [0.15, 0.2) is 4.47 Å². The Morgan fingerprint density at radius 1 is 1.39 bits per heavy atom. The summed E-state index contributed by atoms with van der Waals surface area (Å²) >= 11 is 10.0. The molecule has 0 saturated carbocycles. The van der Waals surface area contributed by atoms with Gasteiger partial charge in [-0.1, -0.05) is 20.8 Å². The summed E-state index contributed by atoms with van der Waals surface area (Å²) in [6, 6.07) is 0. The van der Waals surface area contributed by atoms with E-state index in [2.05, 4.69) is 53.4 Å². The maximum absolute atomic E-state index is 6.41. The highest BCUT2D eigenvalue weighted by Gasteiger charge is 2.22. The molecule has 0 fully saturated rings. The Hall–Kier alpha value is -0.0200. The molecular weight excluding hydrogens is 312 g/mol. The van der Waals surface area contributed by atoms with Crippen molar-refractivity contribution >= 4 is 27.5 Å². The van der Waals surface area contributed by atoms with Crippen LogP contribution in [0.5, 0.6) is 0 Å². The van der Waals surface area contributed by atoms with E-state index in [0.29, 0.717) is 0 Å². The summed E-state index contributed by atoms with van der Waals surface area (Å²) in [6.07, 6.45) is 3.19. The first-order valence-electron chi connectivity index (χ1n) is 6.63. The average Bonchev–Trinajstić information content (AvgIpc) is 2.55. The molecule has 1 heterocycles. The monoisotopic (exact) mass is 334 g/mol. The van der Waals surface area contributed by atoms with Crippen molar-refractivity contribution in [2.45, 2.75) is 65.8 Å². The third-order valence-corrected chi connectivity index (χ3v) is 5.17. The minimum atomic E-state index is 0.180. The second-order valence-electron chi connectivity index (χ2n) is 5.89. The molecule has 0 saturated heterocycles. The number of hydrogen-bond acceptors (Lipinski definition) is 1. The third-order valence-electron chi connectivity index (χ3n) is 3.26. The molecule has 1 unspecified atom stereocenters. The van der Waals surface area contributed by atoms with E-state index in [9.17, 15) is 0 Å². The van der Waals surface area contributed by atoms with Gasteiger partial charge in [-0.15, -0.1) is 11.6 Å². The van der Waals surface area contributed by atoms with Crippen LogP contribution in [0, 0.1) is 12.3 Å². The predicted molar refractivity (Wildman–Crippen MR) is 82.4 cm³/mol. The maximum Gasteiger partial charge on any atom is 0.0738 e. The Balaban J connectivity index is 2.59. The Labute approximate surface area is 124 Å². The second-order valence-corrected chi connectivity index (χ2v) is 7.21. The fourth-order valence-electron chi connectivity index (χ4n) is 1.99. The van der Waals surface area contributed by atoms with Crippen LogP contribution in [0.4, 0.5) is 0 Å². The number of alkyl halides is 1. The van der Waals surface area contributed by atoms with Gasteiger partial charge in [-0.3, -0.25) is 4.68 Å². The Bertz CT molecular complexity index is 393. The maximum atomic E-state index is 6.41. The van der Waals surface area contributed by atoms with Gasteiger partial charge >= 0.3 is 0 Å². The standard InChI is InChI=1S/C14H24BrClN2/c1-6-18-11(13(15)10(2)17-18)8-7-9-12(16)14(3,4)5/h12H,6-9H2,1-5H3. The third kappa shape index (κ3) is 3.99. The molecule has 0 aliphatic rings. The lowest BCUT2D eigenvalue weighted by molar-refractivity contribution is 0.368. The van der Waals surface area contributed by atoms with Gasteiger partial charge < -0.3 is 0 Å². The van der Waals surface area contributed by atoms with Crippen LogP contribution in [0.2, 0.25) is 0 Å². The van der Waals surface area contributed by atoms with Gasteiger partial charge in [0, 0.05) is 11.9 Å². The van der Waals surface area contributed by atoms with Gasteiger partial charge in [-0.25, -0.2) is 0 Å². The zero-order chi connectivity index (χ0) is 13.9. The van der Waals surface area contributed by atoms with Crippen LogP contribution < -0.4 is 0 Å². The molecule has 0 radical (unpaired) electrons. The van der Waals surface area contributed by atoms with Crippen molar-refractivity contribution in [3.8, 4) is 0 Å². The molecule has 4 heteroatoms. The van der Waals surface area contributed by atoms with Gasteiger partial charge in [0.2, 0.25) is 0 Å². The molecule has 2 nitrogen and oxygen atoms in total. The molecule has 0 spiro atoms. The Kier molecular flexibility index (Phi) is 5.72. The van der Waals surface area contributed by atoms with Crippen LogP contribution in [0.25, 0.3) is 0 Å². The average molecular weight is 336 g/mol. The lowest BCUT2D eigenvalue weighted by Crippen LogP contribution is -2.20. The molecule has 0 aliphatic heterocycles. The van der Waals surface area contributed by atoms with Gasteiger partial charge in [0.15, 0.2) is 0 Å². The molecule has 0 amide bonds. The number of aryl methyl sites for hydroxylation is 2. The molecule has 1 aromatic heterocycles. The smallest absolute Gasteiger partial charge is 0.0738 e. The van der Waals surface area contributed by atoms with Crippen LogP contribution >= 0.6 is 27.5 Å². The summed E-state index contributed by atoms with van der Waals surface area (Å²) in [7, 11) is 0. The fourth-order valence-corrected chi connectivity index (χ4v) is 2.63. The fraction of sp³-hybridized carbons (Fsp3) is 0.786. The Morgan fingerprint density at radius 3 is 2.50 bits per heavy atom. The summed E-state index contributed by atoms with van der Waals surface area (Å²) in [4.78, 5) is 0.